The molecule has 2 unspecified atom stereocenters. The summed E-state index contributed by atoms with van der Waals surface area (Å²) in [5.41, 5.74) is 1.39. The summed E-state index contributed by atoms with van der Waals surface area (Å²) < 4.78 is 52.7. The van der Waals surface area contributed by atoms with Crippen molar-refractivity contribution in [1.29, 1.82) is 0 Å². The van der Waals surface area contributed by atoms with E-state index in [2.05, 4.69) is 0 Å². The Morgan fingerprint density at radius 2 is 1.13 bits per heavy atom. The molecule has 0 aliphatic carbocycles. The van der Waals surface area contributed by atoms with Crippen LogP contribution in [0.25, 0.3) is 0 Å². The molecule has 1 fully saturated rings. The maximum absolute atomic E-state index is 13.9. The quantitative estimate of drug-likeness (QED) is 0.228. The molecular weight excluding hydrogens is 519 g/mol. The lowest BCUT2D eigenvalue weighted by atomic mass is 9.99. The van der Waals surface area contributed by atoms with Crippen LogP contribution in [0.15, 0.2) is 60.7 Å². The average molecular weight is 550 g/mol. The van der Waals surface area contributed by atoms with Crippen LogP contribution >= 0.6 is 7.82 Å². The Morgan fingerprint density at radius 3 is 1.58 bits per heavy atom. The standard InChI is InChI=1S/C26H31O11P/c1-17-23(34-18(2)27)24(35-19(3)28)25(36-20(4)29)26(33-17)37-38(30,31-15-21-11-7-5-8-12-21)32-16-22-13-9-6-10-14-22/h5-14,17,23-26H,15-16H2,1-4H3/t17?,23-,24-,25+,26?/m0/s1. The first-order valence-electron chi connectivity index (χ1n) is 11.9. The van der Waals surface area contributed by atoms with Gasteiger partial charge in [0.05, 0.1) is 19.3 Å². The van der Waals surface area contributed by atoms with Gasteiger partial charge in [-0.05, 0) is 18.1 Å². The molecule has 0 aromatic heterocycles. The fraction of sp³-hybridized carbons (Fsp3) is 0.423. The van der Waals surface area contributed by atoms with Gasteiger partial charge in [-0.15, -0.1) is 0 Å². The van der Waals surface area contributed by atoms with Crippen LogP contribution in [0.3, 0.4) is 0 Å². The fourth-order valence-corrected chi connectivity index (χ4v) is 4.97. The molecule has 3 rings (SSSR count). The van der Waals surface area contributed by atoms with Crippen molar-refractivity contribution in [2.24, 2.45) is 0 Å². The Bertz CT molecular complexity index is 1080. The van der Waals surface area contributed by atoms with Gasteiger partial charge in [-0.2, -0.15) is 0 Å². The molecule has 5 atom stereocenters. The SMILES string of the molecule is CC(=O)O[C@H]1[C@@H](OC(C)=O)C(C)OC(OP(=O)(OCc2ccccc2)OCc2ccccc2)[C@@H]1OC(C)=O. The summed E-state index contributed by atoms with van der Waals surface area (Å²) in [6.07, 6.45) is -6.42. The van der Waals surface area contributed by atoms with E-state index in [0.29, 0.717) is 11.1 Å². The second kappa shape index (κ2) is 13.6. The van der Waals surface area contributed by atoms with Gasteiger partial charge in [-0.25, -0.2) is 4.57 Å². The van der Waals surface area contributed by atoms with E-state index in [1.54, 1.807) is 48.5 Å². The third kappa shape index (κ3) is 8.75. The third-order valence-corrected chi connectivity index (χ3v) is 6.69. The van der Waals surface area contributed by atoms with E-state index < -0.39 is 56.4 Å². The first-order valence-corrected chi connectivity index (χ1v) is 13.3. The lowest BCUT2D eigenvalue weighted by Gasteiger charge is -2.43. The molecule has 1 aliphatic heterocycles. The molecule has 11 nitrogen and oxygen atoms in total. The van der Waals surface area contributed by atoms with Crippen LogP contribution in [0.4, 0.5) is 0 Å². The Balaban J connectivity index is 1.90. The zero-order valence-corrected chi connectivity index (χ0v) is 22.4. The number of benzene rings is 2. The topological polar surface area (TPSA) is 133 Å². The van der Waals surface area contributed by atoms with Gasteiger partial charge in [-0.3, -0.25) is 28.0 Å². The normalized spacial score (nSPS) is 23.3. The summed E-state index contributed by atoms with van der Waals surface area (Å²) in [4.78, 5) is 35.6. The molecule has 12 heteroatoms. The van der Waals surface area contributed by atoms with Gasteiger partial charge in [-0.1, -0.05) is 60.7 Å². The molecular formula is C26H31O11P. The molecule has 1 aliphatic rings. The van der Waals surface area contributed by atoms with Gasteiger partial charge in [0.15, 0.2) is 18.3 Å². The zero-order chi connectivity index (χ0) is 27.7. The average Bonchev–Trinajstić information content (AvgIpc) is 2.87. The molecule has 1 heterocycles. The molecule has 0 amide bonds. The van der Waals surface area contributed by atoms with Gasteiger partial charge in [0.2, 0.25) is 6.29 Å². The zero-order valence-electron chi connectivity index (χ0n) is 21.5. The smallest absolute Gasteiger partial charge is 0.456 e. The number of hydrogen-bond acceptors (Lipinski definition) is 11. The Morgan fingerprint density at radius 1 is 0.711 bits per heavy atom. The van der Waals surface area contributed by atoms with E-state index in [1.807, 2.05) is 12.1 Å². The predicted molar refractivity (Wildman–Crippen MR) is 132 cm³/mol. The molecule has 0 saturated carbocycles. The lowest BCUT2D eigenvalue weighted by molar-refractivity contribution is -0.284. The minimum absolute atomic E-state index is 0.128. The van der Waals surface area contributed by atoms with Gasteiger partial charge in [0.1, 0.15) is 0 Å². The molecule has 38 heavy (non-hydrogen) atoms. The highest BCUT2D eigenvalue weighted by molar-refractivity contribution is 7.48. The van der Waals surface area contributed by atoms with Crippen LogP contribution in [0, 0.1) is 0 Å². The summed E-state index contributed by atoms with van der Waals surface area (Å²) >= 11 is 0. The van der Waals surface area contributed by atoms with E-state index in [0.717, 1.165) is 13.8 Å². The Labute approximate surface area is 220 Å². The van der Waals surface area contributed by atoms with Gasteiger partial charge in [0.25, 0.3) is 0 Å². The maximum atomic E-state index is 13.9. The molecule has 0 radical (unpaired) electrons. The summed E-state index contributed by atoms with van der Waals surface area (Å²) in [7, 11) is -4.40. The van der Waals surface area contributed by atoms with Crippen LogP contribution < -0.4 is 0 Å². The molecule has 206 valence electrons. The highest BCUT2D eigenvalue weighted by Crippen LogP contribution is 2.53. The Kier molecular flexibility index (Phi) is 10.6. The van der Waals surface area contributed by atoms with Crippen molar-refractivity contribution < 1.29 is 51.5 Å². The van der Waals surface area contributed by atoms with Crippen LogP contribution in [0.2, 0.25) is 0 Å². The van der Waals surface area contributed by atoms with E-state index >= 15 is 0 Å². The van der Waals surface area contributed by atoms with Crippen LogP contribution in [-0.2, 0) is 64.7 Å². The largest absolute Gasteiger partial charge is 0.477 e. The van der Waals surface area contributed by atoms with Crippen LogP contribution in [-0.4, -0.2) is 48.6 Å². The second-order valence-corrected chi connectivity index (χ2v) is 10.1. The monoisotopic (exact) mass is 550 g/mol. The summed E-state index contributed by atoms with van der Waals surface area (Å²) in [5, 5.41) is 0. The minimum atomic E-state index is -4.40. The van der Waals surface area contributed by atoms with E-state index in [-0.39, 0.29) is 13.2 Å². The molecule has 2 aromatic rings. The van der Waals surface area contributed by atoms with Crippen molar-refractivity contribution in [2.45, 2.75) is 71.6 Å². The van der Waals surface area contributed by atoms with Crippen molar-refractivity contribution in [1.82, 2.24) is 0 Å². The number of hydrogen-bond donors (Lipinski definition) is 0. The van der Waals surface area contributed by atoms with E-state index in [9.17, 15) is 18.9 Å². The first-order chi connectivity index (χ1) is 18.1. The van der Waals surface area contributed by atoms with Crippen molar-refractivity contribution >= 4 is 25.7 Å². The van der Waals surface area contributed by atoms with E-state index in [4.69, 9.17) is 32.5 Å². The van der Waals surface area contributed by atoms with Crippen molar-refractivity contribution in [3.8, 4) is 0 Å². The highest BCUT2D eigenvalue weighted by atomic mass is 31.2. The molecule has 1 saturated heterocycles. The molecule has 0 N–H and O–H groups in total. The number of phosphoric acid groups is 1. The van der Waals surface area contributed by atoms with Crippen molar-refractivity contribution in [3.05, 3.63) is 71.8 Å². The number of esters is 3. The van der Waals surface area contributed by atoms with Crippen LogP contribution in [0.5, 0.6) is 0 Å². The minimum Gasteiger partial charge on any atom is -0.456 e. The van der Waals surface area contributed by atoms with Gasteiger partial charge in [0, 0.05) is 20.8 Å². The molecule has 0 bridgehead atoms. The number of carbonyl (C=O) groups excluding carboxylic acids is 3. The number of ether oxygens (including phenoxy) is 4. The summed E-state index contributed by atoms with van der Waals surface area (Å²) in [5.74, 6) is -2.18. The highest BCUT2D eigenvalue weighted by Gasteiger charge is 2.53. The third-order valence-electron chi connectivity index (χ3n) is 5.33. The second-order valence-electron chi connectivity index (χ2n) is 8.50. The van der Waals surface area contributed by atoms with Gasteiger partial charge < -0.3 is 18.9 Å². The van der Waals surface area contributed by atoms with Gasteiger partial charge >= 0.3 is 25.7 Å². The first kappa shape index (κ1) is 29.5. The maximum Gasteiger partial charge on any atom is 0.477 e. The lowest BCUT2D eigenvalue weighted by Crippen LogP contribution is -2.61. The molecule has 0 spiro atoms. The van der Waals surface area contributed by atoms with Crippen molar-refractivity contribution in [2.75, 3.05) is 0 Å². The Hall–Kier alpha value is -3.08. The number of phosphoric ester groups is 1. The molecule has 2 aromatic carbocycles. The fourth-order valence-electron chi connectivity index (χ4n) is 3.74. The summed E-state index contributed by atoms with van der Waals surface area (Å²) in [6, 6.07) is 17.9. The predicted octanol–water partition coefficient (Wildman–Crippen LogP) is 4.08. The summed E-state index contributed by atoms with van der Waals surface area (Å²) in [6.45, 7) is 4.71. The van der Waals surface area contributed by atoms with Crippen molar-refractivity contribution in [3.63, 3.8) is 0 Å². The van der Waals surface area contributed by atoms with Crippen LogP contribution in [0.1, 0.15) is 38.8 Å². The number of rotatable bonds is 11. The number of carbonyl (C=O) groups is 3. The van der Waals surface area contributed by atoms with E-state index in [1.165, 1.54) is 13.8 Å².